The van der Waals surface area contributed by atoms with Crippen LogP contribution in [0.15, 0.2) is 0 Å². The first kappa shape index (κ1) is 22.8. The smallest absolute Gasteiger partial charge is 0.152 e. The van der Waals surface area contributed by atoms with Crippen LogP contribution in [0.4, 0.5) is 0 Å². The highest BCUT2D eigenvalue weighted by molar-refractivity contribution is 7.32. The molecule has 0 aromatic rings. The van der Waals surface area contributed by atoms with Crippen LogP contribution in [0.5, 0.6) is 0 Å². The summed E-state index contributed by atoms with van der Waals surface area (Å²) < 4.78 is 11.8. The molecule has 0 N–H and O–H groups in total. The van der Waals surface area contributed by atoms with Crippen LogP contribution < -0.4 is 0 Å². The summed E-state index contributed by atoms with van der Waals surface area (Å²) in [5.41, 5.74) is 0. The van der Waals surface area contributed by atoms with E-state index in [1.807, 2.05) is 0 Å². The molecule has 0 aliphatic heterocycles. The highest BCUT2D eigenvalue weighted by Gasteiger charge is 2.25. The molecular formula is C18H37N2O2P. The molecule has 0 aliphatic rings. The van der Waals surface area contributed by atoms with Gasteiger partial charge in [-0.2, -0.15) is 5.26 Å². The monoisotopic (exact) mass is 344 g/mol. The van der Waals surface area contributed by atoms with Crippen LogP contribution in [0.1, 0.15) is 79.6 Å². The molecule has 2 atom stereocenters. The molecule has 136 valence electrons. The molecule has 0 saturated carbocycles. The summed E-state index contributed by atoms with van der Waals surface area (Å²) in [4.78, 5) is 2.33. The van der Waals surface area contributed by atoms with Crippen LogP contribution in [0.2, 0.25) is 0 Å². The lowest BCUT2D eigenvalue weighted by Gasteiger charge is -2.37. The number of nitrogens with zero attached hydrogens (tertiary/aromatic N) is 2. The average molecular weight is 344 g/mol. The minimum absolute atomic E-state index is 0.0385. The Labute approximate surface area is 145 Å². The molecule has 0 radical (unpaired) electrons. The standard InChI is InChI=1S/C18H37N2O2P/c1-6-7-8-9-10-11-15-22-23-18(21-14-12-13-19)20(16(2)3)17(4)5/h16-18,23H,6-12,14-15H2,1-5H3. The van der Waals surface area contributed by atoms with Crippen molar-refractivity contribution in [3.8, 4) is 6.07 Å². The molecule has 4 nitrogen and oxygen atoms in total. The van der Waals surface area contributed by atoms with Crippen LogP contribution in [0.3, 0.4) is 0 Å². The Morgan fingerprint density at radius 1 is 0.957 bits per heavy atom. The van der Waals surface area contributed by atoms with E-state index in [9.17, 15) is 0 Å². The fraction of sp³-hybridized carbons (Fsp3) is 0.944. The van der Waals surface area contributed by atoms with E-state index in [1.54, 1.807) is 0 Å². The second kappa shape index (κ2) is 15.3. The van der Waals surface area contributed by atoms with Gasteiger partial charge in [0.05, 0.1) is 34.5 Å². The summed E-state index contributed by atoms with van der Waals surface area (Å²) in [5.74, 6) is -0.0385. The van der Waals surface area contributed by atoms with E-state index in [1.165, 1.54) is 32.1 Å². The zero-order valence-electron chi connectivity index (χ0n) is 15.8. The molecule has 23 heavy (non-hydrogen) atoms. The molecular weight excluding hydrogens is 307 g/mol. The average Bonchev–Trinajstić information content (AvgIpc) is 2.49. The quantitative estimate of drug-likeness (QED) is 0.230. The third kappa shape index (κ3) is 11.9. The number of hydrogen-bond acceptors (Lipinski definition) is 4. The summed E-state index contributed by atoms with van der Waals surface area (Å²) >= 11 is 0. The van der Waals surface area contributed by atoms with Gasteiger partial charge in [-0.15, -0.1) is 0 Å². The molecule has 0 aromatic heterocycles. The molecule has 0 rings (SSSR count). The van der Waals surface area contributed by atoms with Crippen molar-refractivity contribution < 1.29 is 9.26 Å². The lowest BCUT2D eigenvalue weighted by molar-refractivity contribution is -0.0366. The van der Waals surface area contributed by atoms with E-state index in [2.05, 4.69) is 45.6 Å². The van der Waals surface area contributed by atoms with Crippen molar-refractivity contribution in [2.24, 2.45) is 0 Å². The molecule has 0 aromatic carbocycles. The normalized spacial score (nSPS) is 13.5. The van der Waals surface area contributed by atoms with E-state index in [0.717, 1.165) is 13.0 Å². The number of hydrogen-bond donors (Lipinski definition) is 0. The van der Waals surface area contributed by atoms with Gasteiger partial charge in [0.15, 0.2) is 5.97 Å². The molecule has 0 fully saturated rings. The number of ether oxygens (including phenoxy) is 1. The van der Waals surface area contributed by atoms with Crippen LogP contribution in [0.25, 0.3) is 0 Å². The van der Waals surface area contributed by atoms with Crippen LogP contribution in [-0.4, -0.2) is 36.2 Å². The number of nitriles is 1. The molecule has 2 unspecified atom stereocenters. The van der Waals surface area contributed by atoms with Crippen LogP contribution in [-0.2, 0) is 9.26 Å². The Bertz CT molecular complexity index is 298. The van der Waals surface area contributed by atoms with Crippen molar-refractivity contribution in [2.45, 2.75) is 97.6 Å². The van der Waals surface area contributed by atoms with E-state index >= 15 is 0 Å². The van der Waals surface area contributed by atoms with Gasteiger partial charge in [0, 0.05) is 12.1 Å². The predicted molar refractivity (Wildman–Crippen MR) is 99.7 cm³/mol. The maximum absolute atomic E-state index is 8.70. The molecule has 5 heteroatoms. The predicted octanol–water partition coefficient (Wildman–Crippen LogP) is 5.29. The second-order valence-corrected chi connectivity index (χ2v) is 7.52. The van der Waals surface area contributed by atoms with Gasteiger partial charge in [0.2, 0.25) is 0 Å². The molecule has 0 aliphatic carbocycles. The first-order chi connectivity index (χ1) is 11.0. The lowest BCUT2D eigenvalue weighted by Crippen LogP contribution is -2.44. The molecule has 0 saturated heterocycles. The fourth-order valence-corrected chi connectivity index (χ4v) is 3.93. The van der Waals surface area contributed by atoms with Gasteiger partial charge in [0.25, 0.3) is 0 Å². The minimum Gasteiger partial charge on any atom is -0.358 e. The van der Waals surface area contributed by atoms with E-state index in [0.29, 0.717) is 33.9 Å². The van der Waals surface area contributed by atoms with Crippen molar-refractivity contribution in [3.63, 3.8) is 0 Å². The van der Waals surface area contributed by atoms with Crippen molar-refractivity contribution in [3.05, 3.63) is 0 Å². The van der Waals surface area contributed by atoms with Crippen LogP contribution in [0, 0.1) is 11.3 Å². The lowest BCUT2D eigenvalue weighted by atomic mass is 10.1. The van der Waals surface area contributed by atoms with Crippen molar-refractivity contribution in [2.75, 3.05) is 13.2 Å². The molecule has 0 bridgehead atoms. The van der Waals surface area contributed by atoms with Crippen molar-refractivity contribution in [1.82, 2.24) is 4.90 Å². The Balaban J connectivity index is 4.13. The largest absolute Gasteiger partial charge is 0.358 e. The van der Waals surface area contributed by atoms with Crippen molar-refractivity contribution in [1.29, 1.82) is 5.26 Å². The van der Waals surface area contributed by atoms with Gasteiger partial charge in [0.1, 0.15) is 0 Å². The summed E-state index contributed by atoms with van der Waals surface area (Å²) in [7, 11) is 0.307. The summed E-state index contributed by atoms with van der Waals surface area (Å²) in [6.07, 6.45) is 8.10. The number of unbranched alkanes of at least 4 members (excludes halogenated alkanes) is 5. The zero-order chi connectivity index (χ0) is 17.5. The molecule has 0 heterocycles. The SMILES string of the molecule is CCCCCCCCOPC(OCCC#N)N(C(C)C)C(C)C. The first-order valence-corrected chi connectivity index (χ1v) is 10.2. The van der Waals surface area contributed by atoms with E-state index in [4.69, 9.17) is 14.5 Å². The Morgan fingerprint density at radius 3 is 2.13 bits per heavy atom. The third-order valence-electron chi connectivity index (χ3n) is 3.74. The Kier molecular flexibility index (Phi) is 15.2. The fourth-order valence-electron chi connectivity index (χ4n) is 2.62. The zero-order valence-corrected chi connectivity index (χ0v) is 16.8. The summed E-state index contributed by atoms with van der Waals surface area (Å²) in [6, 6.07) is 2.93. The van der Waals surface area contributed by atoms with Gasteiger partial charge < -0.3 is 9.26 Å². The first-order valence-electron chi connectivity index (χ1n) is 9.17. The summed E-state index contributed by atoms with van der Waals surface area (Å²) in [6.45, 7) is 12.2. The van der Waals surface area contributed by atoms with E-state index in [-0.39, 0.29) is 5.97 Å². The Hall–Kier alpha value is -0.200. The highest BCUT2D eigenvalue weighted by atomic mass is 31.1. The van der Waals surface area contributed by atoms with Gasteiger partial charge in [-0.1, -0.05) is 39.0 Å². The second-order valence-electron chi connectivity index (χ2n) is 6.50. The van der Waals surface area contributed by atoms with Crippen molar-refractivity contribution >= 4 is 8.81 Å². The third-order valence-corrected chi connectivity index (χ3v) is 4.77. The van der Waals surface area contributed by atoms with Gasteiger partial charge >= 0.3 is 0 Å². The van der Waals surface area contributed by atoms with E-state index < -0.39 is 0 Å². The van der Waals surface area contributed by atoms with Gasteiger partial charge in [-0.05, 0) is 34.1 Å². The van der Waals surface area contributed by atoms with Crippen LogP contribution >= 0.6 is 8.81 Å². The summed E-state index contributed by atoms with van der Waals surface area (Å²) in [5, 5.41) is 8.70. The minimum atomic E-state index is -0.0385. The Morgan fingerprint density at radius 2 is 1.57 bits per heavy atom. The molecule has 0 amide bonds. The highest BCUT2D eigenvalue weighted by Crippen LogP contribution is 2.29. The number of rotatable bonds is 15. The molecule has 0 spiro atoms. The maximum Gasteiger partial charge on any atom is 0.152 e. The topological polar surface area (TPSA) is 45.5 Å². The van der Waals surface area contributed by atoms with Gasteiger partial charge in [-0.3, -0.25) is 4.90 Å². The van der Waals surface area contributed by atoms with Gasteiger partial charge in [-0.25, -0.2) is 0 Å². The maximum atomic E-state index is 8.70.